The molecule has 0 unspecified atom stereocenters. The minimum absolute atomic E-state index is 0.0535. The van der Waals surface area contributed by atoms with E-state index in [1.807, 2.05) is 13.8 Å². The lowest BCUT2D eigenvalue weighted by Gasteiger charge is -2.32. The van der Waals surface area contributed by atoms with Gasteiger partial charge >= 0.3 is 0 Å². The van der Waals surface area contributed by atoms with E-state index in [1.54, 1.807) is 4.90 Å². The number of halogens is 2. The molecule has 2 aromatic rings. The van der Waals surface area contributed by atoms with Crippen LogP contribution in [0.15, 0.2) is 30.7 Å². The van der Waals surface area contributed by atoms with Crippen molar-refractivity contribution in [2.75, 3.05) is 13.2 Å². The number of hydrogen-bond donors (Lipinski definition) is 0. The molecule has 0 N–H and O–H groups in total. The molecule has 8 heteroatoms. The van der Waals surface area contributed by atoms with Gasteiger partial charge in [0.15, 0.2) is 10.9 Å². The largest absolute Gasteiger partial charge is 0.452 e. The molecule has 1 atom stereocenters. The van der Waals surface area contributed by atoms with Crippen LogP contribution in [0.2, 0.25) is 5.15 Å². The normalized spacial score (nSPS) is 16.7. The molecule has 0 radical (unpaired) electrons. The second kappa shape index (κ2) is 7.97. The molecule has 2 heterocycles. The summed E-state index contributed by atoms with van der Waals surface area (Å²) in [7, 11) is 0. The molecule has 0 saturated carbocycles. The van der Waals surface area contributed by atoms with E-state index in [2.05, 4.69) is 9.97 Å². The van der Waals surface area contributed by atoms with E-state index in [0.29, 0.717) is 13.2 Å². The molecule has 1 aliphatic heterocycles. The van der Waals surface area contributed by atoms with Gasteiger partial charge < -0.3 is 14.4 Å². The van der Waals surface area contributed by atoms with E-state index in [-0.39, 0.29) is 40.2 Å². The Kier molecular flexibility index (Phi) is 5.68. The van der Waals surface area contributed by atoms with Gasteiger partial charge in [-0.05, 0) is 38.5 Å². The number of amides is 1. The van der Waals surface area contributed by atoms with Gasteiger partial charge in [0, 0.05) is 12.6 Å². The summed E-state index contributed by atoms with van der Waals surface area (Å²) >= 11 is 5.99. The molecule has 0 spiro atoms. The summed E-state index contributed by atoms with van der Waals surface area (Å²) in [6.07, 6.45) is 3.41. The summed E-state index contributed by atoms with van der Waals surface area (Å²) in [6.45, 7) is 4.90. The zero-order chi connectivity index (χ0) is 18.7. The van der Waals surface area contributed by atoms with Crippen molar-refractivity contribution in [3.05, 3.63) is 47.3 Å². The molecule has 6 nitrogen and oxygen atoms in total. The van der Waals surface area contributed by atoms with Crippen LogP contribution in [0.25, 0.3) is 0 Å². The van der Waals surface area contributed by atoms with Crippen molar-refractivity contribution in [3.63, 3.8) is 0 Å². The summed E-state index contributed by atoms with van der Waals surface area (Å²) < 4.78 is 25.0. The highest BCUT2D eigenvalue weighted by Gasteiger charge is 2.32. The first kappa shape index (κ1) is 18.5. The molecular formula is C18H19ClFN3O3. The number of ether oxygens (including phenoxy) is 2. The van der Waals surface area contributed by atoms with E-state index < -0.39 is 5.82 Å². The fraction of sp³-hybridized carbons (Fsp3) is 0.389. The Labute approximate surface area is 155 Å². The Balaban J connectivity index is 1.96. The Bertz CT molecular complexity index is 797. The Morgan fingerprint density at radius 3 is 2.88 bits per heavy atom. The summed E-state index contributed by atoms with van der Waals surface area (Å²) in [6, 6.07) is 3.66. The molecule has 0 bridgehead atoms. The summed E-state index contributed by atoms with van der Waals surface area (Å²) in [5, 5.41) is 0.104. The smallest absolute Gasteiger partial charge is 0.258 e. The van der Waals surface area contributed by atoms with E-state index in [4.69, 9.17) is 21.1 Å². The van der Waals surface area contributed by atoms with Gasteiger partial charge in [0.1, 0.15) is 17.9 Å². The standard InChI is InChI=1S/C18H19ClFN3O3/c1-11(2)23(13-5-6-25-9-13)18(24)14-7-12(20)3-4-15(14)26-16-8-21-10-22-17(16)19/h3-4,7-8,10-11,13H,5-6,9H2,1-2H3/t13-/m0/s1. The van der Waals surface area contributed by atoms with Gasteiger partial charge in [-0.15, -0.1) is 0 Å². The molecule has 1 aromatic carbocycles. The first-order chi connectivity index (χ1) is 12.5. The second-order valence-corrected chi connectivity index (χ2v) is 6.60. The molecule has 3 rings (SSSR count). The van der Waals surface area contributed by atoms with Gasteiger partial charge in [-0.25, -0.2) is 14.4 Å². The van der Waals surface area contributed by atoms with Crippen molar-refractivity contribution in [3.8, 4) is 11.5 Å². The quantitative estimate of drug-likeness (QED) is 0.741. The Hall–Kier alpha value is -2.25. The van der Waals surface area contributed by atoms with E-state index in [9.17, 15) is 9.18 Å². The van der Waals surface area contributed by atoms with Gasteiger partial charge in [-0.1, -0.05) is 11.6 Å². The predicted octanol–water partition coefficient (Wildman–Crippen LogP) is 3.70. The van der Waals surface area contributed by atoms with Crippen molar-refractivity contribution in [1.29, 1.82) is 0 Å². The van der Waals surface area contributed by atoms with Crippen molar-refractivity contribution < 1.29 is 18.7 Å². The minimum Gasteiger partial charge on any atom is -0.452 e. The number of rotatable bonds is 5. The van der Waals surface area contributed by atoms with Crippen LogP contribution in [-0.2, 0) is 4.74 Å². The average molecular weight is 380 g/mol. The van der Waals surface area contributed by atoms with Crippen molar-refractivity contribution in [1.82, 2.24) is 14.9 Å². The molecule has 1 amide bonds. The summed E-state index contributed by atoms with van der Waals surface area (Å²) in [4.78, 5) is 22.6. The van der Waals surface area contributed by atoms with Crippen LogP contribution in [0.1, 0.15) is 30.6 Å². The maximum Gasteiger partial charge on any atom is 0.258 e. The fourth-order valence-electron chi connectivity index (χ4n) is 2.95. The average Bonchev–Trinajstić information content (AvgIpc) is 3.12. The van der Waals surface area contributed by atoms with E-state index >= 15 is 0 Å². The molecule has 1 fully saturated rings. The van der Waals surface area contributed by atoms with Crippen LogP contribution >= 0.6 is 11.6 Å². The van der Waals surface area contributed by atoms with Gasteiger partial charge in [-0.2, -0.15) is 0 Å². The summed E-state index contributed by atoms with van der Waals surface area (Å²) in [5.41, 5.74) is 0.116. The number of benzene rings is 1. The van der Waals surface area contributed by atoms with Crippen LogP contribution in [0.4, 0.5) is 4.39 Å². The highest BCUT2D eigenvalue weighted by atomic mass is 35.5. The molecule has 26 heavy (non-hydrogen) atoms. The number of nitrogens with zero attached hydrogens (tertiary/aromatic N) is 3. The van der Waals surface area contributed by atoms with Gasteiger partial charge in [-0.3, -0.25) is 4.79 Å². The highest BCUT2D eigenvalue weighted by molar-refractivity contribution is 6.30. The molecule has 1 aliphatic rings. The van der Waals surface area contributed by atoms with Crippen LogP contribution in [0.5, 0.6) is 11.5 Å². The number of carbonyl (C=O) groups is 1. The zero-order valence-electron chi connectivity index (χ0n) is 14.5. The third-order valence-corrected chi connectivity index (χ3v) is 4.40. The van der Waals surface area contributed by atoms with E-state index in [0.717, 1.165) is 6.42 Å². The maximum absolute atomic E-state index is 13.9. The van der Waals surface area contributed by atoms with Gasteiger partial charge in [0.2, 0.25) is 0 Å². The summed E-state index contributed by atoms with van der Waals surface area (Å²) in [5.74, 6) is -0.465. The second-order valence-electron chi connectivity index (χ2n) is 6.24. The van der Waals surface area contributed by atoms with Gasteiger partial charge in [0.05, 0.1) is 24.4 Å². The first-order valence-electron chi connectivity index (χ1n) is 8.30. The predicted molar refractivity (Wildman–Crippen MR) is 94.0 cm³/mol. The van der Waals surface area contributed by atoms with Crippen molar-refractivity contribution in [2.24, 2.45) is 0 Å². The number of carbonyl (C=O) groups excluding carboxylic acids is 1. The molecular weight excluding hydrogens is 361 g/mol. The maximum atomic E-state index is 13.9. The lowest BCUT2D eigenvalue weighted by molar-refractivity contribution is 0.0578. The van der Waals surface area contributed by atoms with Crippen LogP contribution < -0.4 is 4.74 Å². The van der Waals surface area contributed by atoms with Gasteiger partial charge in [0.25, 0.3) is 5.91 Å². The lowest BCUT2D eigenvalue weighted by atomic mass is 10.1. The topological polar surface area (TPSA) is 64.6 Å². The number of hydrogen-bond acceptors (Lipinski definition) is 5. The third kappa shape index (κ3) is 3.94. The molecule has 1 aromatic heterocycles. The third-order valence-electron chi connectivity index (χ3n) is 4.11. The lowest BCUT2D eigenvalue weighted by Crippen LogP contribution is -2.45. The van der Waals surface area contributed by atoms with Crippen molar-refractivity contribution in [2.45, 2.75) is 32.4 Å². The Morgan fingerprint density at radius 1 is 1.42 bits per heavy atom. The molecule has 1 saturated heterocycles. The van der Waals surface area contributed by atoms with Crippen LogP contribution in [0.3, 0.4) is 0 Å². The van der Waals surface area contributed by atoms with Crippen LogP contribution in [0, 0.1) is 5.82 Å². The minimum atomic E-state index is -0.525. The fourth-order valence-corrected chi connectivity index (χ4v) is 3.08. The Morgan fingerprint density at radius 2 is 2.23 bits per heavy atom. The van der Waals surface area contributed by atoms with E-state index in [1.165, 1.54) is 30.7 Å². The number of aromatic nitrogens is 2. The molecule has 0 aliphatic carbocycles. The highest BCUT2D eigenvalue weighted by Crippen LogP contribution is 2.31. The van der Waals surface area contributed by atoms with Crippen molar-refractivity contribution >= 4 is 17.5 Å². The molecule has 138 valence electrons. The van der Waals surface area contributed by atoms with Crippen LogP contribution in [-0.4, -0.2) is 46.1 Å². The zero-order valence-corrected chi connectivity index (χ0v) is 15.2. The first-order valence-corrected chi connectivity index (χ1v) is 8.68. The SMILES string of the molecule is CC(C)N(C(=O)c1cc(F)ccc1Oc1cncnc1Cl)[C@H]1CCOC1. The monoisotopic (exact) mass is 379 g/mol.